The lowest BCUT2D eigenvalue weighted by Crippen LogP contribution is -2.40. The number of aryl methyl sites for hydroxylation is 1. The van der Waals surface area contributed by atoms with Crippen LogP contribution in [0, 0.1) is 24.5 Å². The first-order valence-corrected chi connectivity index (χ1v) is 9.61. The van der Waals surface area contributed by atoms with Gasteiger partial charge in [0.05, 0.1) is 5.56 Å². The lowest BCUT2D eigenvalue weighted by Gasteiger charge is -2.31. The second-order valence-electron chi connectivity index (χ2n) is 7.28. The van der Waals surface area contributed by atoms with Crippen LogP contribution in [-0.4, -0.2) is 39.8 Å². The molecule has 0 aliphatic carbocycles. The SMILES string of the molecule is Cc1noc(-c2ccc(C(=O)N3CCC(C(=O)c4cc(F)ccc4F)CC3)cc2)n1. The lowest BCUT2D eigenvalue weighted by molar-refractivity contribution is 0.0649. The quantitative estimate of drug-likeness (QED) is 0.605. The monoisotopic (exact) mass is 411 g/mol. The van der Waals surface area contributed by atoms with Crippen molar-refractivity contribution in [2.24, 2.45) is 5.92 Å². The van der Waals surface area contributed by atoms with E-state index >= 15 is 0 Å². The smallest absolute Gasteiger partial charge is 0.257 e. The molecule has 4 rings (SSSR count). The molecule has 2 heterocycles. The first-order chi connectivity index (χ1) is 14.4. The minimum atomic E-state index is -0.726. The fourth-order valence-electron chi connectivity index (χ4n) is 3.60. The zero-order valence-electron chi connectivity index (χ0n) is 16.3. The summed E-state index contributed by atoms with van der Waals surface area (Å²) in [5.41, 5.74) is 0.996. The highest BCUT2D eigenvalue weighted by Gasteiger charge is 2.30. The van der Waals surface area contributed by atoms with Crippen molar-refractivity contribution in [3.8, 4) is 11.5 Å². The summed E-state index contributed by atoms with van der Waals surface area (Å²) in [5.74, 6) is -1.46. The fraction of sp³-hybridized carbons (Fsp3) is 0.273. The Kier molecular flexibility index (Phi) is 5.39. The van der Waals surface area contributed by atoms with Gasteiger partial charge >= 0.3 is 0 Å². The number of rotatable bonds is 4. The molecule has 8 heteroatoms. The minimum absolute atomic E-state index is 0.147. The Morgan fingerprint density at radius 2 is 1.77 bits per heavy atom. The topological polar surface area (TPSA) is 76.3 Å². The summed E-state index contributed by atoms with van der Waals surface area (Å²) in [6, 6.07) is 9.74. The van der Waals surface area contributed by atoms with Crippen LogP contribution >= 0.6 is 0 Å². The molecule has 0 spiro atoms. The molecule has 0 radical (unpaired) electrons. The summed E-state index contributed by atoms with van der Waals surface area (Å²) in [6.07, 6.45) is 0.805. The number of benzene rings is 2. The average Bonchev–Trinajstić information content (AvgIpc) is 3.21. The maximum atomic E-state index is 13.9. The first kappa shape index (κ1) is 19.9. The predicted molar refractivity (Wildman–Crippen MR) is 104 cm³/mol. The number of Topliss-reactive ketones (excluding diaryl/α,β-unsaturated/α-hetero) is 1. The first-order valence-electron chi connectivity index (χ1n) is 9.61. The van der Waals surface area contributed by atoms with E-state index in [2.05, 4.69) is 10.1 Å². The molecule has 1 aliphatic rings. The Morgan fingerprint density at radius 3 is 2.40 bits per heavy atom. The van der Waals surface area contributed by atoms with E-state index in [0.717, 1.165) is 18.2 Å². The molecule has 0 bridgehead atoms. The van der Waals surface area contributed by atoms with Gasteiger partial charge in [-0.15, -0.1) is 0 Å². The lowest BCUT2D eigenvalue weighted by atomic mass is 9.88. The van der Waals surface area contributed by atoms with Gasteiger partial charge < -0.3 is 9.42 Å². The Labute approximate surface area is 171 Å². The largest absolute Gasteiger partial charge is 0.339 e. The molecule has 0 atom stereocenters. The van der Waals surface area contributed by atoms with Crippen molar-refractivity contribution >= 4 is 11.7 Å². The van der Waals surface area contributed by atoms with E-state index in [-0.39, 0.29) is 11.5 Å². The summed E-state index contributed by atoms with van der Waals surface area (Å²) >= 11 is 0. The third kappa shape index (κ3) is 3.98. The summed E-state index contributed by atoms with van der Waals surface area (Å²) in [7, 11) is 0. The normalized spacial score (nSPS) is 14.7. The van der Waals surface area contributed by atoms with Crippen LogP contribution in [0.5, 0.6) is 0 Å². The minimum Gasteiger partial charge on any atom is -0.339 e. The van der Waals surface area contributed by atoms with Crippen molar-refractivity contribution in [1.82, 2.24) is 15.0 Å². The van der Waals surface area contributed by atoms with Gasteiger partial charge in [-0.25, -0.2) is 8.78 Å². The van der Waals surface area contributed by atoms with Crippen LogP contribution < -0.4 is 0 Å². The van der Waals surface area contributed by atoms with Crippen molar-refractivity contribution in [2.45, 2.75) is 19.8 Å². The molecule has 3 aromatic rings. The van der Waals surface area contributed by atoms with E-state index < -0.39 is 23.3 Å². The average molecular weight is 411 g/mol. The Bertz CT molecular complexity index is 1090. The van der Waals surface area contributed by atoms with E-state index in [9.17, 15) is 18.4 Å². The van der Waals surface area contributed by atoms with E-state index in [1.807, 2.05) is 0 Å². The number of likely N-dealkylation sites (tertiary alicyclic amines) is 1. The van der Waals surface area contributed by atoms with Crippen LogP contribution in [0.3, 0.4) is 0 Å². The van der Waals surface area contributed by atoms with Gasteiger partial charge in [-0.3, -0.25) is 9.59 Å². The van der Waals surface area contributed by atoms with Gasteiger partial charge in [-0.2, -0.15) is 4.98 Å². The molecule has 154 valence electrons. The zero-order valence-corrected chi connectivity index (χ0v) is 16.3. The third-order valence-corrected chi connectivity index (χ3v) is 5.25. The number of amides is 1. The van der Waals surface area contributed by atoms with E-state index in [1.54, 1.807) is 36.1 Å². The number of hydrogen-bond acceptors (Lipinski definition) is 5. The molecule has 2 aromatic carbocycles. The molecule has 1 saturated heterocycles. The number of ketones is 1. The Morgan fingerprint density at radius 1 is 1.07 bits per heavy atom. The molecular formula is C22H19F2N3O3. The summed E-state index contributed by atoms with van der Waals surface area (Å²) in [6.45, 7) is 2.47. The fourth-order valence-corrected chi connectivity index (χ4v) is 3.60. The van der Waals surface area contributed by atoms with Gasteiger partial charge in [0.2, 0.25) is 0 Å². The Hall–Kier alpha value is -3.42. The molecule has 1 amide bonds. The summed E-state index contributed by atoms with van der Waals surface area (Å²) in [5, 5.41) is 3.74. The van der Waals surface area contributed by atoms with Gasteiger partial charge in [-0.05, 0) is 62.2 Å². The number of piperidine rings is 1. The second kappa shape index (κ2) is 8.14. The molecule has 0 saturated carbocycles. The van der Waals surface area contributed by atoms with Crippen LogP contribution in [0.15, 0.2) is 47.0 Å². The van der Waals surface area contributed by atoms with Crippen LogP contribution in [0.2, 0.25) is 0 Å². The highest BCUT2D eigenvalue weighted by atomic mass is 19.1. The van der Waals surface area contributed by atoms with Gasteiger partial charge in [0.15, 0.2) is 11.6 Å². The van der Waals surface area contributed by atoms with Crippen LogP contribution in [0.25, 0.3) is 11.5 Å². The summed E-state index contributed by atoms with van der Waals surface area (Å²) in [4.78, 5) is 31.2. The number of aromatic nitrogens is 2. The summed E-state index contributed by atoms with van der Waals surface area (Å²) < 4.78 is 32.4. The molecule has 6 nitrogen and oxygen atoms in total. The molecule has 1 aliphatic heterocycles. The number of hydrogen-bond donors (Lipinski definition) is 0. The van der Waals surface area contributed by atoms with E-state index in [0.29, 0.717) is 48.8 Å². The van der Waals surface area contributed by atoms with Crippen LogP contribution in [0.1, 0.15) is 39.4 Å². The van der Waals surface area contributed by atoms with Crippen molar-refractivity contribution < 1.29 is 22.9 Å². The second-order valence-corrected chi connectivity index (χ2v) is 7.28. The predicted octanol–water partition coefficient (Wildman–Crippen LogP) is 4.06. The van der Waals surface area contributed by atoms with Gasteiger partial charge in [0.1, 0.15) is 11.6 Å². The Balaban J connectivity index is 1.39. The maximum absolute atomic E-state index is 13.9. The maximum Gasteiger partial charge on any atom is 0.257 e. The van der Waals surface area contributed by atoms with Gasteiger partial charge in [0.25, 0.3) is 11.8 Å². The van der Waals surface area contributed by atoms with Crippen molar-refractivity contribution in [1.29, 1.82) is 0 Å². The molecule has 1 aromatic heterocycles. The number of carbonyl (C=O) groups excluding carboxylic acids is 2. The van der Waals surface area contributed by atoms with Crippen LogP contribution in [-0.2, 0) is 0 Å². The zero-order chi connectivity index (χ0) is 21.3. The molecule has 1 fully saturated rings. The molecule has 30 heavy (non-hydrogen) atoms. The standard InChI is InChI=1S/C22H19F2N3O3/c1-13-25-21(30-26-13)15-2-4-16(5-3-15)22(29)27-10-8-14(9-11-27)20(28)18-12-17(23)6-7-19(18)24/h2-7,12,14H,8-11H2,1H3. The molecular weight excluding hydrogens is 392 g/mol. The number of halogens is 2. The third-order valence-electron chi connectivity index (χ3n) is 5.25. The number of carbonyl (C=O) groups is 2. The molecule has 0 unspecified atom stereocenters. The van der Waals surface area contributed by atoms with Gasteiger partial charge in [0, 0.05) is 30.1 Å². The van der Waals surface area contributed by atoms with Crippen LogP contribution in [0.4, 0.5) is 8.78 Å². The molecule has 0 N–H and O–H groups in total. The highest BCUT2D eigenvalue weighted by molar-refractivity contribution is 5.98. The number of nitrogens with zero attached hydrogens (tertiary/aromatic N) is 3. The van der Waals surface area contributed by atoms with E-state index in [1.165, 1.54) is 0 Å². The van der Waals surface area contributed by atoms with Gasteiger partial charge in [-0.1, -0.05) is 5.16 Å². The van der Waals surface area contributed by atoms with Crippen molar-refractivity contribution in [2.75, 3.05) is 13.1 Å². The van der Waals surface area contributed by atoms with Crippen molar-refractivity contribution in [3.05, 3.63) is 71.1 Å². The van der Waals surface area contributed by atoms with E-state index in [4.69, 9.17) is 4.52 Å². The highest BCUT2D eigenvalue weighted by Crippen LogP contribution is 2.25. The van der Waals surface area contributed by atoms with Crippen molar-refractivity contribution in [3.63, 3.8) is 0 Å².